The molecule has 2 heterocycles. The first-order chi connectivity index (χ1) is 15.2. The van der Waals surface area contributed by atoms with E-state index in [9.17, 15) is 15.0 Å². The summed E-state index contributed by atoms with van der Waals surface area (Å²) in [5, 5.41) is 25.9. The van der Waals surface area contributed by atoms with Gasteiger partial charge in [0.25, 0.3) is 0 Å². The predicted octanol–water partition coefficient (Wildman–Crippen LogP) is 3.23. The smallest absolute Gasteiger partial charge is 0.136 e. The molecule has 2 aliphatic heterocycles. The summed E-state index contributed by atoms with van der Waals surface area (Å²) >= 11 is 0. The minimum atomic E-state index is -0.483. The molecule has 32 heavy (non-hydrogen) atoms. The van der Waals surface area contributed by atoms with Crippen molar-refractivity contribution in [3.05, 3.63) is 11.1 Å². The lowest BCUT2D eigenvalue weighted by atomic mass is 9.51. The van der Waals surface area contributed by atoms with Crippen LogP contribution >= 0.6 is 0 Å². The summed E-state index contributed by atoms with van der Waals surface area (Å²) in [4.78, 5) is 13.2. The molecule has 0 aromatic heterocycles. The number of Topliss-reactive ketones (excluding diaryl/α,β-unsaturated/α-hetero) is 1. The molecule has 4 aliphatic carbocycles. The van der Waals surface area contributed by atoms with Crippen LogP contribution in [0.25, 0.3) is 0 Å². The number of hydrogen-bond acceptors (Lipinski definition) is 5. The Morgan fingerprint density at radius 3 is 2.69 bits per heavy atom. The molecule has 3 N–H and O–H groups in total. The first kappa shape index (κ1) is 21.8. The number of carbonyl (C=O) groups excluding carboxylic acids is 1. The van der Waals surface area contributed by atoms with Gasteiger partial charge in [0.05, 0.1) is 23.9 Å². The van der Waals surface area contributed by atoms with Gasteiger partial charge in [-0.25, -0.2) is 0 Å². The van der Waals surface area contributed by atoms with Crippen LogP contribution in [-0.2, 0) is 9.53 Å². The van der Waals surface area contributed by atoms with Crippen molar-refractivity contribution in [1.82, 2.24) is 5.32 Å². The van der Waals surface area contributed by atoms with Gasteiger partial charge in [0.2, 0.25) is 0 Å². The SMILES string of the molecule is CC1=C2C(O)[C@H]3[C@@H](CC(=O)C4C[C@@H](O)CC[C@@]43C)[C@@H]2CC[C@]12O[C@@H]1C[C@H](C)CN[C@H]1[C@H]2C. The van der Waals surface area contributed by atoms with Crippen LogP contribution in [0.15, 0.2) is 11.1 Å². The van der Waals surface area contributed by atoms with Crippen molar-refractivity contribution in [2.24, 2.45) is 40.9 Å². The number of aliphatic hydroxyl groups excluding tert-OH is 2. The second-order valence-corrected chi connectivity index (χ2v) is 12.6. The van der Waals surface area contributed by atoms with E-state index >= 15 is 0 Å². The van der Waals surface area contributed by atoms with Crippen LogP contribution < -0.4 is 5.32 Å². The summed E-state index contributed by atoms with van der Waals surface area (Å²) < 4.78 is 6.93. The maximum atomic E-state index is 13.2. The van der Waals surface area contributed by atoms with E-state index < -0.39 is 6.10 Å². The zero-order valence-corrected chi connectivity index (χ0v) is 20.1. The quantitative estimate of drug-likeness (QED) is 0.501. The third kappa shape index (κ3) is 2.68. The zero-order chi connectivity index (χ0) is 22.6. The monoisotopic (exact) mass is 443 g/mol. The van der Waals surface area contributed by atoms with Crippen LogP contribution in [0.4, 0.5) is 0 Å². The highest BCUT2D eigenvalue weighted by atomic mass is 16.5. The highest BCUT2D eigenvalue weighted by Gasteiger charge is 2.65. The van der Waals surface area contributed by atoms with Crippen molar-refractivity contribution in [2.45, 2.75) is 103 Å². The maximum absolute atomic E-state index is 13.2. The molecule has 2 unspecified atom stereocenters. The molecule has 6 rings (SSSR count). The number of carbonyl (C=O) groups is 1. The van der Waals surface area contributed by atoms with Crippen molar-refractivity contribution in [1.29, 1.82) is 0 Å². The topological polar surface area (TPSA) is 78.8 Å². The lowest BCUT2D eigenvalue weighted by Crippen LogP contribution is -2.53. The fourth-order valence-electron chi connectivity index (χ4n) is 9.60. The highest BCUT2D eigenvalue weighted by Crippen LogP contribution is 2.65. The van der Waals surface area contributed by atoms with Gasteiger partial charge in [-0.15, -0.1) is 0 Å². The van der Waals surface area contributed by atoms with Gasteiger partial charge in [-0.2, -0.15) is 0 Å². The molecule has 0 radical (unpaired) electrons. The van der Waals surface area contributed by atoms with Crippen molar-refractivity contribution in [3.63, 3.8) is 0 Å². The van der Waals surface area contributed by atoms with E-state index in [1.165, 1.54) is 11.1 Å². The van der Waals surface area contributed by atoms with Gasteiger partial charge >= 0.3 is 0 Å². The Kier molecular flexibility index (Phi) is 4.85. The fourth-order valence-corrected chi connectivity index (χ4v) is 9.60. The Labute approximate surface area is 192 Å². The lowest BCUT2D eigenvalue weighted by molar-refractivity contribution is -0.150. The average molecular weight is 444 g/mol. The molecular formula is C27H41NO4. The largest absolute Gasteiger partial charge is 0.393 e. The number of nitrogens with one attached hydrogen (secondary N) is 1. The molecule has 178 valence electrons. The first-order valence-electron chi connectivity index (χ1n) is 13.2. The summed E-state index contributed by atoms with van der Waals surface area (Å²) in [6, 6.07) is 0.391. The van der Waals surface area contributed by atoms with Crippen molar-refractivity contribution < 1.29 is 19.7 Å². The molecule has 1 spiro atoms. The van der Waals surface area contributed by atoms with E-state index in [1.807, 2.05) is 0 Å². The maximum Gasteiger partial charge on any atom is 0.136 e. The summed E-state index contributed by atoms with van der Waals surface area (Å²) in [5.74, 6) is 1.92. The molecule has 5 heteroatoms. The summed E-state index contributed by atoms with van der Waals surface area (Å²) in [6.45, 7) is 10.2. The number of rotatable bonds is 0. The Bertz CT molecular complexity index is 855. The normalized spacial score (nSPS) is 57.2. The molecule has 0 aromatic rings. The van der Waals surface area contributed by atoms with Crippen LogP contribution in [-0.4, -0.2) is 52.5 Å². The van der Waals surface area contributed by atoms with E-state index in [1.54, 1.807) is 0 Å². The van der Waals surface area contributed by atoms with E-state index in [2.05, 4.69) is 33.0 Å². The molecule has 0 aromatic carbocycles. The predicted molar refractivity (Wildman–Crippen MR) is 122 cm³/mol. The summed E-state index contributed by atoms with van der Waals surface area (Å²) in [7, 11) is 0. The molecule has 0 amide bonds. The Hall–Kier alpha value is -0.750. The average Bonchev–Trinajstić information content (AvgIpc) is 3.19. The number of fused-ring (bicyclic) bond motifs is 6. The molecule has 12 atom stereocenters. The highest BCUT2D eigenvalue weighted by molar-refractivity contribution is 5.84. The number of hydrogen-bond donors (Lipinski definition) is 3. The Morgan fingerprint density at radius 1 is 1.12 bits per heavy atom. The summed E-state index contributed by atoms with van der Waals surface area (Å²) in [6.07, 6.45) is 5.26. The van der Waals surface area contributed by atoms with Crippen LogP contribution in [0.2, 0.25) is 0 Å². The number of ketones is 1. The Balaban J connectivity index is 1.39. The minimum Gasteiger partial charge on any atom is -0.393 e. The molecule has 5 nitrogen and oxygen atoms in total. The third-order valence-electron chi connectivity index (χ3n) is 11.2. The van der Waals surface area contributed by atoms with Crippen molar-refractivity contribution in [3.8, 4) is 0 Å². The number of aliphatic hydroxyl groups is 2. The molecule has 2 saturated heterocycles. The van der Waals surface area contributed by atoms with Crippen molar-refractivity contribution in [2.75, 3.05) is 6.54 Å². The number of piperidine rings is 1. The summed E-state index contributed by atoms with van der Waals surface area (Å²) in [5.41, 5.74) is 2.00. The molecule has 5 fully saturated rings. The lowest BCUT2D eigenvalue weighted by Gasteiger charge is -2.53. The zero-order valence-electron chi connectivity index (χ0n) is 20.1. The van der Waals surface area contributed by atoms with Crippen LogP contribution in [0.3, 0.4) is 0 Å². The van der Waals surface area contributed by atoms with Crippen LogP contribution in [0, 0.1) is 40.9 Å². The fraction of sp³-hybridized carbons (Fsp3) is 0.889. The molecule has 3 saturated carbocycles. The van der Waals surface area contributed by atoms with Gasteiger partial charge in [-0.3, -0.25) is 4.79 Å². The molecule has 6 aliphatic rings. The van der Waals surface area contributed by atoms with Gasteiger partial charge in [0, 0.05) is 24.3 Å². The number of ether oxygens (including phenoxy) is 1. The van der Waals surface area contributed by atoms with Gasteiger partial charge in [0.1, 0.15) is 5.78 Å². The minimum absolute atomic E-state index is 0.104. The van der Waals surface area contributed by atoms with E-state index in [-0.39, 0.29) is 41.0 Å². The molecule has 0 bridgehead atoms. The van der Waals surface area contributed by atoms with Gasteiger partial charge in [0.15, 0.2) is 0 Å². The van der Waals surface area contributed by atoms with E-state index in [4.69, 9.17) is 4.74 Å². The second-order valence-electron chi connectivity index (χ2n) is 12.6. The van der Waals surface area contributed by atoms with Gasteiger partial charge < -0.3 is 20.3 Å². The first-order valence-corrected chi connectivity index (χ1v) is 13.2. The van der Waals surface area contributed by atoms with Crippen LogP contribution in [0.5, 0.6) is 0 Å². The Morgan fingerprint density at radius 2 is 1.91 bits per heavy atom. The van der Waals surface area contributed by atoms with Gasteiger partial charge in [-0.1, -0.05) is 20.8 Å². The third-order valence-corrected chi connectivity index (χ3v) is 11.2. The second kappa shape index (κ2) is 7.13. The standard InChI is InChI=1S/C27H41NO4/c1-13-9-21-24(28-12-13)15(3)27(32-21)8-6-17-18-11-20(30)19-10-16(29)5-7-26(19,4)23(18)25(31)22(17)14(27)2/h13,15-19,21,23-25,28-29,31H,5-12H2,1-4H3/t13-,15+,16-,17-,18-,19?,21+,23+,24-,25?,26-,27-/m0/s1. The van der Waals surface area contributed by atoms with E-state index in [0.717, 1.165) is 38.6 Å². The van der Waals surface area contributed by atoms with Crippen molar-refractivity contribution >= 4 is 5.78 Å². The van der Waals surface area contributed by atoms with Gasteiger partial charge in [-0.05, 0) is 92.2 Å². The van der Waals surface area contributed by atoms with E-state index in [0.29, 0.717) is 42.4 Å². The molecular weight excluding hydrogens is 402 g/mol. The van der Waals surface area contributed by atoms with Crippen LogP contribution in [0.1, 0.15) is 72.6 Å².